The Morgan fingerprint density at radius 2 is 1.50 bits per heavy atom. The van der Waals surface area contributed by atoms with Crippen molar-refractivity contribution in [3.63, 3.8) is 0 Å². The number of methoxy groups -OCH3 is 3. The third-order valence-corrected chi connectivity index (χ3v) is 6.26. The van der Waals surface area contributed by atoms with Gasteiger partial charge in [0, 0.05) is 13.3 Å². The molecular formula is C27H30N2O6S. The summed E-state index contributed by atoms with van der Waals surface area (Å²) in [6.07, 6.45) is 4.90. The second-order valence-corrected chi connectivity index (χ2v) is 8.88. The molecule has 8 nitrogen and oxygen atoms in total. The maximum Gasteiger partial charge on any atom is 0.341 e. The van der Waals surface area contributed by atoms with Crippen LogP contribution in [0.15, 0.2) is 34.8 Å². The minimum absolute atomic E-state index is 0.0985. The Labute approximate surface area is 215 Å². The number of esters is 1. The van der Waals surface area contributed by atoms with Gasteiger partial charge < -0.3 is 18.6 Å². The van der Waals surface area contributed by atoms with E-state index in [-0.39, 0.29) is 5.12 Å². The van der Waals surface area contributed by atoms with Gasteiger partial charge in [0.05, 0.1) is 26.9 Å². The standard InChI is InChI=1S/C27H30N2O6S/c1-15-11-18(13-21(24(15)32-4)26(30)34-6)20(9-8-10-23-29-28-17(3)35-23)19-12-16(2)25(33-5)22(14-19)27(31)36-7/h9,11-14H,8,10H2,1-7H3/b20-9+. The number of aryl methyl sites for hydroxylation is 4. The number of ether oxygens (including phenoxy) is 3. The minimum Gasteiger partial charge on any atom is -0.496 e. The predicted molar refractivity (Wildman–Crippen MR) is 139 cm³/mol. The van der Waals surface area contributed by atoms with E-state index in [2.05, 4.69) is 10.2 Å². The van der Waals surface area contributed by atoms with Crippen LogP contribution >= 0.6 is 11.8 Å². The Balaban J connectivity index is 2.21. The average Bonchev–Trinajstić information content (AvgIpc) is 3.29. The molecule has 3 aromatic rings. The van der Waals surface area contributed by atoms with Gasteiger partial charge in [0.2, 0.25) is 16.9 Å². The highest BCUT2D eigenvalue weighted by Gasteiger charge is 2.21. The lowest BCUT2D eigenvalue weighted by atomic mass is 9.91. The van der Waals surface area contributed by atoms with Crippen molar-refractivity contribution in [3.05, 3.63) is 75.5 Å². The van der Waals surface area contributed by atoms with E-state index < -0.39 is 5.97 Å². The van der Waals surface area contributed by atoms with Crippen molar-refractivity contribution >= 4 is 28.4 Å². The van der Waals surface area contributed by atoms with Crippen LogP contribution in [-0.2, 0) is 11.2 Å². The summed E-state index contributed by atoms with van der Waals surface area (Å²) in [5, 5.41) is 7.86. The molecule has 0 aliphatic rings. The first-order valence-electron chi connectivity index (χ1n) is 11.3. The lowest BCUT2D eigenvalue weighted by Crippen LogP contribution is -2.07. The molecule has 3 rings (SSSR count). The Bertz CT molecular complexity index is 1240. The summed E-state index contributed by atoms with van der Waals surface area (Å²) in [6.45, 7) is 5.52. The maximum atomic E-state index is 12.7. The van der Waals surface area contributed by atoms with Crippen molar-refractivity contribution < 1.29 is 28.2 Å². The highest BCUT2D eigenvalue weighted by atomic mass is 32.2. The molecule has 0 unspecified atom stereocenters. The van der Waals surface area contributed by atoms with Crippen molar-refractivity contribution in [3.8, 4) is 11.5 Å². The van der Waals surface area contributed by atoms with Gasteiger partial charge in [0.15, 0.2) is 0 Å². The first kappa shape index (κ1) is 27.0. The summed E-state index contributed by atoms with van der Waals surface area (Å²) in [7, 11) is 4.41. The summed E-state index contributed by atoms with van der Waals surface area (Å²) < 4.78 is 21.5. The molecule has 0 bridgehead atoms. The molecule has 0 atom stereocenters. The van der Waals surface area contributed by atoms with E-state index in [1.54, 1.807) is 26.4 Å². The Hall–Kier alpha value is -3.59. The van der Waals surface area contributed by atoms with Crippen LogP contribution in [0.2, 0.25) is 0 Å². The SMILES string of the molecule is COC(=O)c1cc(/C(=C\CCc2nnc(C)o2)c2cc(C)c(OC)c(C(=O)SC)c2)cc(C)c1OC. The molecule has 0 amide bonds. The zero-order valence-electron chi connectivity index (χ0n) is 21.6. The second-order valence-electron chi connectivity index (χ2n) is 8.10. The minimum atomic E-state index is -0.498. The second kappa shape index (κ2) is 11.9. The highest BCUT2D eigenvalue weighted by Crippen LogP contribution is 2.36. The molecule has 0 radical (unpaired) electrons. The van der Waals surface area contributed by atoms with Crippen LogP contribution < -0.4 is 9.47 Å². The van der Waals surface area contributed by atoms with E-state index in [1.807, 2.05) is 38.1 Å². The third kappa shape index (κ3) is 5.79. The zero-order chi connectivity index (χ0) is 26.4. The summed E-state index contributed by atoms with van der Waals surface area (Å²) in [5.41, 5.74) is 4.83. The molecule has 0 saturated heterocycles. The summed E-state index contributed by atoms with van der Waals surface area (Å²) in [4.78, 5) is 25.3. The van der Waals surface area contributed by atoms with E-state index in [1.165, 1.54) is 14.2 Å². The van der Waals surface area contributed by atoms with Gasteiger partial charge in [-0.25, -0.2) is 4.79 Å². The van der Waals surface area contributed by atoms with Crippen molar-refractivity contribution in [1.29, 1.82) is 0 Å². The molecule has 0 aliphatic carbocycles. The summed E-state index contributed by atoms with van der Waals surface area (Å²) in [5.74, 6) is 1.54. The molecule has 190 valence electrons. The molecule has 0 aliphatic heterocycles. The van der Waals surface area contributed by atoms with Crippen molar-refractivity contribution in [2.45, 2.75) is 33.6 Å². The normalized spacial score (nSPS) is 11.4. The van der Waals surface area contributed by atoms with Crippen LogP contribution in [0.3, 0.4) is 0 Å². The van der Waals surface area contributed by atoms with E-state index in [0.717, 1.165) is 39.6 Å². The Morgan fingerprint density at radius 1 is 0.917 bits per heavy atom. The maximum absolute atomic E-state index is 12.7. The first-order valence-corrected chi connectivity index (χ1v) is 12.5. The van der Waals surface area contributed by atoms with Crippen molar-refractivity contribution in [2.24, 2.45) is 0 Å². The zero-order valence-corrected chi connectivity index (χ0v) is 22.4. The number of hydrogen-bond acceptors (Lipinski definition) is 9. The molecule has 1 aromatic heterocycles. The molecular weight excluding hydrogens is 480 g/mol. The quantitative estimate of drug-likeness (QED) is 0.352. The van der Waals surface area contributed by atoms with Crippen molar-refractivity contribution in [1.82, 2.24) is 10.2 Å². The lowest BCUT2D eigenvalue weighted by molar-refractivity contribution is 0.0596. The van der Waals surface area contributed by atoms with E-state index in [0.29, 0.717) is 47.2 Å². The average molecular weight is 511 g/mol. The van der Waals surface area contributed by atoms with Gasteiger partial charge in [-0.05, 0) is 78.6 Å². The van der Waals surface area contributed by atoms with Crippen LogP contribution in [0.1, 0.15) is 61.2 Å². The van der Waals surface area contributed by atoms with Gasteiger partial charge in [-0.15, -0.1) is 10.2 Å². The number of carbonyl (C=O) groups excluding carboxylic acids is 2. The van der Waals surface area contributed by atoms with Gasteiger partial charge in [0.1, 0.15) is 17.1 Å². The fourth-order valence-corrected chi connectivity index (χ4v) is 4.48. The monoisotopic (exact) mass is 510 g/mol. The summed E-state index contributed by atoms with van der Waals surface area (Å²) >= 11 is 1.12. The fourth-order valence-electron chi connectivity index (χ4n) is 4.10. The Morgan fingerprint density at radius 3 is 2.00 bits per heavy atom. The van der Waals surface area contributed by atoms with E-state index >= 15 is 0 Å². The number of carbonyl (C=O) groups is 2. The fraction of sp³-hybridized carbons (Fsp3) is 0.333. The van der Waals surface area contributed by atoms with Crippen LogP contribution in [0.4, 0.5) is 0 Å². The van der Waals surface area contributed by atoms with Crippen LogP contribution in [-0.4, -0.2) is 48.9 Å². The smallest absolute Gasteiger partial charge is 0.341 e. The van der Waals surface area contributed by atoms with Gasteiger partial charge in [-0.2, -0.15) is 0 Å². The number of nitrogens with zero attached hydrogens (tertiary/aromatic N) is 2. The van der Waals surface area contributed by atoms with Gasteiger partial charge in [0.25, 0.3) is 0 Å². The van der Waals surface area contributed by atoms with Crippen LogP contribution in [0, 0.1) is 20.8 Å². The predicted octanol–water partition coefficient (Wildman–Crippen LogP) is 5.37. The Kier molecular flexibility index (Phi) is 8.93. The largest absolute Gasteiger partial charge is 0.496 e. The molecule has 0 spiro atoms. The van der Waals surface area contributed by atoms with Gasteiger partial charge in [-0.3, -0.25) is 4.79 Å². The van der Waals surface area contributed by atoms with E-state index in [4.69, 9.17) is 18.6 Å². The molecule has 0 N–H and O–H groups in total. The number of rotatable bonds is 9. The number of thioether (sulfide) groups is 1. The number of allylic oxidation sites excluding steroid dienone is 1. The number of benzene rings is 2. The molecule has 0 saturated carbocycles. The molecule has 36 heavy (non-hydrogen) atoms. The topological polar surface area (TPSA) is 101 Å². The van der Waals surface area contributed by atoms with Gasteiger partial charge in [-0.1, -0.05) is 17.8 Å². The van der Waals surface area contributed by atoms with Crippen molar-refractivity contribution in [2.75, 3.05) is 27.6 Å². The number of hydrogen-bond donors (Lipinski definition) is 0. The first-order chi connectivity index (χ1) is 17.2. The van der Waals surface area contributed by atoms with Crippen LogP contribution in [0.25, 0.3) is 5.57 Å². The molecule has 9 heteroatoms. The molecule has 0 fully saturated rings. The number of aromatic nitrogens is 2. The third-order valence-electron chi connectivity index (χ3n) is 5.66. The van der Waals surface area contributed by atoms with Gasteiger partial charge >= 0.3 is 5.97 Å². The summed E-state index contributed by atoms with van der Waals surface area (Å²) in [6, 6.07) is 7.49. The van der Waals surface area contributed by atoms with E-state index in [9.17, 15) is 9.59 Å². The molecule has 1 heterocycles. The lowest BCUT2D eigenvalue weighted by Gasteiger charge is -2.18. The van der Waals surface area contributed by atoms with Crippen LogP contribution in [0.5, 0.6) is 11.5 Å². The molecule has 2 aromatic carbocycles. The highest BCUT2D eigenvalue weighted by molar-refractivity contribution is 8.13.